The Bertz CT molecular complexity index is 1310. The molecule has 2 aliphatic carbocycles. The van der Waals surface area contributed by atoms with Gasteiger partial charge in [-0.05, 0) is 76.0 Å². The highest BCUT2D eigenvalue weighted by atomic mass is 16.2. The molecule has 0 radical (unpaired) electrons. The van der Waals surface area contributed by atoms with Gasteiger partial charge >= 0.3 is 6.03 Å². The monoisotopic (exact) mass is 575 g/mol. The molecule has 2 atom stereocenters. The van der Waals surface area contributed by atoms with Gasteiger partial charge in [0.15, 0.2) is 0 Å². The van der Waals surface area contributed by atoms with Crippen molar-refractivity contribution in [2.75, 3.05) is 51.6 Å². The minimum absolute atomic E-state index is 0.0386. The summed E-state index contributed by atoms with van der Waals surface area (Å²) >= 11 is 0. The summed E-state index contributed by atoms with van der Waals surface area (Å²) in [6.45, 7) is 15.1. The highest BCUT2D eigenvalue weighted by Gasteiger charge is 2.47. The standard InChI is InChI=1S/C33H49N7O2/c1-21-7-10-28(22(2)15-21)34-31(41)27-20-39(32(42)38-13-11-37(6)12-14-38)19-26(27)30-36-35-29(40(30)25-8-9-25)24-16-23(17-24)18-33(3,4)5/h7,10,15,23-27H,8-9,11-14,16-20H2,1-6H3,(H,34,41)/t23?,24?,26-,27-/m0/s1. The van der Waals surface area contributed by atoms with Crippen molar-refractivity contribution >= 4 is 17.6 Å². The summed E-state index contributed by atoms with van der Waals surface area (Å²) in [7, 11) is 2.09. The maximum absolute atomic E-state index is 14.0. The van der Waals surface area contributed by atoms with E-state index in [9.17, 15) is 9.59 Å². The lowest BCUT2D eigenvalue weighted by Gasteiger charge is -2.38. The molecule has 3 heterocycles. The van der Waals surface area contributed by atoms with Crippen molar-refractivity contribution in [3.63, 3.8) is 0 Å². The van der Waals surface area contributed by atoms with Crippen molar-refractivity contribution in [3.8, 4) is 0 Å². The molecule has 1 aromatic heterocycles. The molecule has 2 saturated heterocycles. The van der Waals surface area contributed by atoms with E-state index < -0.39 is 0 Å². The summed E-state index contributed by atoms with van der Waals surface area (Å²) < 4.78 is 2.39. The second-order valence-corrected chi connectivity index (χ2v) is 14.8. The van der Waals surface area contributed by atoms with Crippen molar-refractivity contribution in [3.05, 3.63) is 41.0 Å². The van der Waals surface area contributed by atoms with Gasteiger partial charge in [0.2, 0.25) is 5.91 Å². The number of aromatic nitrogens is 3. The van der Waals surface area contributed by atoms with Crippen molar-refractivity contribution < 1.29 is 9.59 Å². The van der Waals surface area contributed by atoms with Crippen LogP contribution >= 0.6 is 0 Å². The van der Waals surface area contributed by atoms with E-state index in [0.29, 0.717) is 30.5 Å². The van der Waals surface area contributed by atoms with Crippen LogP contribution in [-0.2, 0) is 4.79 Å². The Morgan fingerprint density at radius 3 is 2.29 bits per heavy atom. The fourth-order valence-corrected chi connectivity index (χ4v) is 7.40. The number of nitrogens with one attached hydrogen (secondary N) is 1. The molecule has 0 unspecified atom stereocenters. The number of nitrogens with zero attached hydrogens (tertiary/aromatic N) is 6. The van der Waals surface area contributed by atoms with Gasteiger partial charge in [0, 0.05) is 56.9 Å². The number of carbonyl (C=O) groups excluding carboxylic acids is 2. The number of likely N-dealkylation sites (tertiary alicyclic amines) is 1. The first-order valence-electron chi connectivity index (χ1n) is 16.0. The van der Waals surface area contributed by atoms with Gasteiger partial charge in [0.25, 0.3) is 0 Å². The number of hydrogen-bond donors (Lipinski definition) is 1. The maximum atomic E-state index is 14.0. The van der Waals surface area contributed by atoms with Gasteiger partial charge in [-0.1, -0.05) is 38.5 Å². The zero-order valence-corrected chi connectivity index (χ0v) is 26.4. The third kappa shape index (κ3) is 6.08. The van der Waals surface area contributed by atoms with E-state index >= 15 is 0 Å². The Hall–Kier alpha value is -2.94. The molecule has 4 fully saturated rings. The Kier molecular flexibility index (Phi) is 7.83. The minimum atomic E-state index is -0.383. The predicted molar refractivity (Wildman–Crippen MR) is 165 cm³/mol. The SMILES string of the molecule is Cc1ccc(NC(=O)[C@H]2CN(C(=O)N3CCN(C)CC3)C[C@@H]2c2nnc(C3CC(CC(C)(C)C)C3)n2C2CC2)c(C)c1. The van der Waals surface area contributed by atoms with Crippen LogP contribution in [0.3, 0.4) is 0 Å². The molecule has 1 aromatic carbocycles. The van der Waals surface area contributed by atoms with E-state index in [0.717, 1.165) is 80.7 Å². The van der Waals surface area contributed by atoms with Crippen molar-refractivity contribution in [2.24, 2.45) is 17.3 Å². The first kappa shape index (κ1) is 29.1. The van der Waals surface area contributed by atoms with Crippen LogP contribution in [0.1, 0.15) is 93.5 Å². The summed E-state index contributed by atoms with van der Waals surface area (Å²) in [6, 6.07) is 6.55. The van der Waals surface area contributed by atoms with Gasteiger partial charge in [0.1, 0.15) is 11.6 Å². The zero-order valence-electron chi connectivity index (χ0n) is 26.4. The average Bonchev–Trinajstić information content (AvgIpc) is 3.50. The number of anilines is 1. The third-order valence-corrected chi connectivity index (χ3v) is 9.83. The molecule has 228 valence electrons. The fourth-order valence-electron chi connectivity index (χ4n) is 7.40. The van der Waals surface area contributed by atoms with Gasteiger partial charge in [0.05, 0.1) is 11.8 Å². The number of likely N-dealkylation sites (N-methyl/N-ethyl adjacent to an activating group) is 1. The van der Waals surface area contributed by atoms with Gasteiger partial charge in [-0.3, -0.25) is 4.79 Å². The van der Waals surface area contributed by atoms with E-state index in [-0.39, 0.29) is 23.8 Å². The molecule has 3 amide bonds. The second kappa shape index (κ2) is 11.3. The Balaban J connectivity index is 1.26. The summed E-state index contributed by atoms with van der Waals surface area (Å²) in [6.07, 6.45) is 5.83. The average molecular weight is 576 g/mol. The van der Waals surface area contributed by atoms with Gasteiger partial charge in [-0.25, -0.2) is 4.79 Å². The van der Waals surface area contributed by atoms with Crippen molar-refractivity contribution in [2.45, 2.75) is 84.6 Å². The van der Waals surface area contributed by atoms with E-state index in [1.54, 1.807) is 0 Å². The molecule has 4 aliphatic rings. The van der Waals surface area contributed by atoms with Crippen molar-refractivity contribution in [1.82, 2.24) is 29.5 Å². The van der Waals surface area contributed by atoms with Crippen LogP contribution in [0.5, 0.6) is 0 Å². The molecular weight excluding hydrogens is 526 g/mol. The largest absolute Gasteiger partial charge is 0.326 e. The molecule has 2 saturated carbocycles. The Labute approximate surface area is 251 Å². The predicted octanol–water partition coefficient (Wildman–Crippen LogP) is 5.18. The van der Waals surface area contributed by atoms with Crippen LogP contribution in [0.4, 0.5) is 10.5 Å². The van der Waals surface area contributed by atoms with E-state index in [1.807, 2.05) is 28.9 Å². The van der Waals surface area contributed by atoms with Crippen LogP contribution < -0.4 is 5.32 Å². The van der Waals surface area contributed by atoms with E-state index in [4.69, 9.17) is 10.2 Å². The smallest absolute Gasteiger partial charge is 0.320 e. The van der Waals surface area contributed by atoms with Crippen molar-refractivity contribution in [1.29, 1.82) is 0 Å². The second-order valence-electron chi connectivity index (χ2n) is 14.8. The number of hydrogen-bond acceptors (Lipinski definition) is 5. The van der Waals surface area contributed by atoms with E-state index in [2.05, 4.69) is 55.6 Å². The van der Waals surface area contributed by atoms with Crippen LogP contribution in [0, 0.1) is 31.1 Å². The lowest BCUT2D eigenvalue weighted by atomic mass is 9.68. The number of amides is 3. The number of carbonyl (C=O) groups is 2. The van der Waals surface area contributed by atoms with Gasteiger partial charge in [-0.2, -0.15) is 0 Å². The number of aryl methyl sites for hydroxylation is 2. The molecule has 9 nitrogen and oxygen atoms in total. The number of rotatable bonds is 6. The topological polar surface area (TPSA) is 86.6 Å². The summed E-state index contributed by atoms with van der Waals surface area (Å²) in [5.41, 5.74) is 3.38. The summed E-state index contributed by atoms with van der Waals surface area (Å²) in [5, 5.41) is 12.8. The molecular formula is C33H49N7O2. The van der Waals surface area contributed by atoms with Crippen LogP contribution in [0.15, 0.2) is 18.2 Å². The molecule has 42 heavy (non-hydrogen) atoms. The Morgan fingerprint density at radius 1 is 0.952 bits per heavy atom. The lowest BCUT2D eigenvalue weighted by Crippen LogP contribution is -2.51. The first-order chi connectivity index (χ1) is 20.0. The molecule has 1 N–H and O–H groups in total. The molecule has 6 rings (SSSR count). The first-order valence-corrected chi connectivity index (χ1v) is 16.0. The highest BCUT2D eigenvalue weighted by molar-refractivity contribution is 5.95. The molecule has 0 bridgehead atoms. The van der Waals surface area contributed by atoms with Crippen LogP contribution in [-0.4, -0.2) is 87.7 Å². The molecule has 9 heteroatoms. The quantitative estimate of drug-likeness (QED) is 0.513. The summed E-state index contributed by atoms with van der Waals surface area (Å²) in [5.74, 6) is 2.58. The minimum Gasteiger partial charge on any atom is -0.326 e. The number of piperazine rings is 1. The Morgan fingerprint density at radius 2 is 1.64 bits per heavy atom. The maximum Gasteiger partial charge on any atom is 0.320 e. The molecule has 2 aromatic rings. The zero-order chi connectivity index (χ0) is 29.8. The van der Waals surface area contributed by atoms with E-state index in [1.165, 1.54) is 12.0 Å². The van der Waals surface area contributed by atoms with Gasteiger partial charge < -0.3 is 24.6 Å². The fraction of sp³-hybridized carbons (Fsp3) is 0.697. The molecule has 0 spiro atoms. The highest BCUT2D eigenvalue weighted by Crippen LogP contribution is 2.49. The van der Waals surface area contributed by atoms with Crippen LogP contribution in [0.25, 0.3) is 0 Å². The normalized spacial score (nSPS) is 26.8. The van der Waals surface area contributed by atoms with Gasteiger partial charge in [-0.15, -0.1) is 10.2 Å². The van der Waals surface area contributed by atoms with Crippen LogP contribution in [0.2, 0.25) is 0 Å². The number of urea groups is 1. The third-order valence-electron chi connectivity index (χ3n) is 9.83. The number of benzene rings is 1. The lowest BCUT2D eigenvalue weighted by molar-refractivity contribution is -0.119. The summed E-state index contributed by atoms with van der Waals surface area (Å²) in [4.78, 5) is 33.8. The molecule has 2 aliphatic heterocycles.